The van der Waals surface area contributed by atoms with Crippen LogP contribution in [0.2, 0.25) is 0 Å². The zero-order valence-corrected chi connectivity index (χ0v) is 28.2. The number of thiazole rings is 1. The molecule has 1 unspecified atom stereocenters. The number of carbonyl (C=O) groups excluding carboxylic acids is 2. The van der Waals surface area contributed by atoms with Crippen molar-refractivity contribution in [3.63, 3.8) is 0 Å². The van der Waals surface area contributed by atoms with E-state index in [1.165, 1.54) is 23.5 Å². The molecule has 0 aliphatic carbocycles. The molecule has 1 N–H and O–H groups in total. The first kappa shape index (κ1) is 34.8. The molecule has 13 heteroatoms. The van der Waals surface area contributed by atoms with Gasteiger partial charge in [-0.25, -0.2) is 27.6 Å². The number of hydrogen-bond donors (Lipinski definition) is 1. The van der Waals surface area contributed by atoms with E-state index in [0.717, 1.165) is 22.5 Å². The van der Waals surface area contributed by atoms with Gasteiger partial charge in [-0.2, -0.15) is 0 Å². The molecule has 46 heavy (non-hydrogen) atoms. The number of benzene rings is 2. The van der Waals surface area contributed by atoms with Gasteiger partial charge in [0.25, 0.3) is 5.91 Å². The van der Waals surface area contributed by atoms with Crippen LogP contribution in [0.3, 0.4) is 0 Å². The van der Waals surface area contributed by atoms with Crippen LogP contribution in [0.25, 0.3) is 0 Å². The van der Waals surface area contributed by atoms with E-state index in [1.54, 1.807) is 63.6 Å². The van der Waals surface area contributed by atoms with E-state index in [1.807, 2.05) is 23.1 Å². The Morgan fingerprint density at radius 3 is 2.43 bits per heavy atom. The fourth-order valence-corrected chi connectivity index (χ4v) is 5.99. The quantitative estimate of drug-likeness (QED) is 0.180. The minimum atomic E-state index is -3.43. The summed E-state index contributed by atoms with van der Waals surface area (Å²) in [6.07, 6.45) is 6.68. The van der Waals surface area contributed by atoms with Crippen molar-refractivity contribution >= 4 is 33.1 Å². The molecule has 0 spiro atoms. The molecule has 1 amide bonds. The maximum atomic E-state index is 13.9. The van der Waals surface area contributed by atoms with Crippen molar-refractivity contribution in [2.45, 2.75) is 71.2 Å². The van der Waals surface area contributed by atoms with E-state index in [9.17, 15) is 22.4 Å². The molecule has 2 heterocycles. The van der Waals surface area contributed by atoms with Gasteiger partial charge in [0.05, 0.1) is 24.3 Å². The summed E-state index contributed by atoms with van der Waals surface area (Å²) in [7, 11) is -3.43. The highest BCUT2D eigenvalue weighted by atomic mass is 32.2. The lowest BCUT2D eigenvalue weighted by molar-refractivity contribution is -0.157. The number of sulfone groups is 1. The van der Waals surface area contributed by atoms with Gasteiger partial charge in [0.1, 0.15) is 38.1 Å². The summed E-state index contributed by atoms with van der Waals surface area (Å²) in [5, 5.41) is 5.32. The number of imidazole rings is 1. The predicted molar refractivity (Wildman–Crippen MR) is 174 cm³/mol. The number of hydrogen-bond acceptors (Lipinski definition) is 9. The van der Waals surface area contributed by atoms with Crippen LogP contribution in [-0.4, -0.2) is 58.5 Å². The maximum Gasteiger partial charge on any atom is 0.329 e. The molecular weight excluding hydrogens is 632 g/mol. The SMILES string of the molecule is Cc1cn(CC(Oc2ccc(CCc3ccc(F)cc3)c(C(=O)N[C@@H](CCS(C)(=O)=O)C(=O)OC(C)(C)C)c2)c2nccs2)cn1. The summed E-state index contributed by atoms with van der Waals surface area (Å²) >= 11 is 1.44. The second kappa shape index (κ2) is 15.0. The Balaban J connectivity index is 1.65. The summed E-state index contributed by atoms with van der Waals surface area (Å²) in [4.78, 5) is 35.7. The van der Waals surface area contributed by atoms with Crippen molar-refractivity contribution in [1.29, 1.82) is 0 Å². The van der Waals surface area contributed by atoms with Gasteiger partial charge in [0.2, 0.25) is 0 Å². The zero-order chi connectivity index (χ0) is 33.5. The Kier molecular flexibility index (Phi) is 11.3. The number of amides is 1. The van der Waals surface area contributed by atoms with Gasteiger partial charge in [0.15, 0.2) is 6.10 Å². The molecule has 246 valence electrons. The van der Waals surface area contributed by atoms with E-state index in [2.05, 4.69) is 15.3 Å². The molecule has 0 radical (unpaired) electrons. The maximum absolute atomic E-state index is 13.9. The van der Waals surface area contributed by atoms with Gasteiger partial charge >= 0.3 is 5.97 Å². The van der Waals surface area contributed by atoms with Crippen molar-refractivity contribution in [3.8, 4) is 5.75 Å². The van der Waals surface area contributed by atoms with E-state index in [-0.39, 0.29) is 23.6 Å². The van der Waals surface area contributed by atoms with Crippen LogP contribution in [0.4, 0.5) is 4.39 Å². The van der Waals surface area contributed by atoms with Crippen LogP contribution in [-0.2, 0) is 38.8 Å². The van der Waals surface area contributed by atoms with Crippen molar-refractivity contribution in [1.82, 2.24) is 19.9 Å². The van der Waals surface area contributed by atoms with E-state index >= 15 is 0 Å². The second-order valence-corrected chi connectivity index (χ2v) is 15.3. The van der Waals surface area contributed by atoms with E-state index in [4.69, 9.17) is 9.47 Å². The molecule has 2 atom stereocenters. The monoisotopic (exact) mass is 670 g/mol. The summed E-state index contributed by atoms with van der Waals surface area (Å²) in [6.45, 7) is 7.40. The van der Waals surface area contributed by atoms with E-state index < -0.39 is 39.5 Å². The lowest BCUT2D eigenvalue weighted by Gasteiger charge is -2.25. The number of ether oxygens (including phenoxy) is 2. The Bertz CT molecular complexity index is 1730. The molecule has 4 rings (SSSR count). The third kappa shape index (κ3) is 10.8. The van der Waals surface area contributed by atoms with Crippen molar-refractivity contribution in [2.75, 3.05) is 12.0 Å². The van der Waals surface area contributed by atoms with Gasteiger partial charge in [0, 0.05) is 29.6 Å². The molecule has 0 bridgehead atoms. The number of nitrogens with one attached hydrogen (secondary N) is 1. The minimum absolute atomic E-state index is 0.156. The second-order valence-electron chi connectivity index (χ2n) is 12.1. The molecule has 0 saturated carbocycles. The van der Waals surface area contributed by atoms with Gasteiger partial charge in [-0.15, -0.1) is 11.3 Å². The summed E-state index contributed by atoms with van der Waals surface area (Å²) in [6, 6.07) is 10.1. The number of carbonyl (C=O) groups is 2. The van der Waals surface area contributed by atoms with E-state index in [0.29, 0.717) is 30.7 Å². The number of halogens is 1. The molecule has 2 aromatic heterocycles. The first-order chi connectivity index (χ1) is 21.6. The Morgan fingerprint density at radius 2 is 1.83 bits per heavy atom. The summed E-state index contributed by atoms with van der Waals surface area (Å²) < 4.78 is 51.2. The molecule has 0 fully saturated rings. The van der Waals surface area contributed by atoms with Crippen LogP contribution in [0.15, 0.2) is 66.6 Å². The van der Waals surface area contributed by atoms with Crippen molar-refractivity contribution in [3.05, 3.63) is 99.8 Å². The lowest BCUT2D eigenvalue weighted by atomic mass is 9.98. The van der Waals surface area contributed by atoms with Crippen LogP contribution < -0.4 is 10.1 Å². The van der Waals surface area contributed by atoms with Crippen LogP contribution in [0, 0.1) is 12.7 Å². The lowest BCUT2D eigenvalue weighted by Crippen LogP contribution is -2.45. The van der Waals surface area contributed by atoms with Crippen LogP contribution >= 0.6 is 11.3 Å². The zero-order valence-electron chi connectivity index (χ0n) is 26.5. The summed E-state index contributed by atoms with van der Waals surface area (Å²) in [5.74, 6) is -1.57. The number of aryl methyl sites for hydroxylation is 3. The largest absolute Gasteiger partial charge is 0.481 e. The van der Waals surface area contributed by atoms with Gasteiger partial charge in [-0.05, 0) is 82.3 Å². The molecule has 4 aromatic rings. The highest BCUT2D eigenvalue weighted by Crippen LogP contribution is 2.28. The molecular formula is C33H39FN4O6S2. The number of nitrogens with zero attached hydrogens (tertiary/aromatic N) is 3. The average Bonchev–Trinajstić information content (AvgIpc) is 3.65. The molecule has 2 aromatic carbocycles. The summed E-state index contributed by atoms with van der Waals surface area (Å²) in [5.41, 5.74) is 1.81. The molecule has 0 aliphatic heterocycles. The highest BCUT2D eigenvalue weighted by molar-refractivity contribution is 7.90. The minimum Gasteiger partial charge on any atom is -0.481 e. The number of esters is 1. The third-order valence-corrected chi connectivity index (χ3v) is 8.69. The Morgan fingerprint density at radius 1 is 1.09 bits per heavy atom. The topological polar surface area (TPSA) is 129 Å². The molecule has 0 aliphatic rings. The Labute approximate surface area is 272 Å². The average molecular weight is 671 g/mol. The first-order valence-corrected chi connectivity index (χ1v) is 17.7. The predicted octanol–water partition coefficient (Wildman–Crippen LogP) is 5.27. The normalized spacial score (nSPS) is 13.2. The number of rotatable bonds is 14. The fourth-order valence-electron chi connectivity index (χ4n) is 4.66. The molecule has 0 saturated heterocycles. The highest BCUT2D eigenvalue weighted by Gasteiger charge is 2.29. The van der Waals surface area contributed by atoms with Gasteiger partial charge in [-0.1, -0.05) is 18.2 Å². The standard InChI is InChI=1S/C33H39FN4O6S2/c1-22-19-38(21-36-22)20-29(31-35-15-16-45-31)43-26-13-10-24(9-6-23-7-11-25(34)12-8-23)27(18-26)30(39)37-28(14-17-46(5,41)42)32(40)44-33(2,3)4/h7-8,10-13,15-16,18-19,21,28-29H,6,9,14,17,20H2,1-5H3,(H,37,39)/t28-,29?/m0/s1. The Hall–Kier alpha value is -4.10. The van der Waals surface area contributed by atoms with Crippen LogP contribution in [0.5, 0.6) is 5.75 Å². The number of aromatic nitrogens is 3. The van der Waals surface area contributed by atoms with Crippen molar-refractivity contribution in [2.24, 2.45) is 0 Å². The third-order valence-electron chi connectivity index (χ3n) is 6.84. The fraction of sp³-hybridized carbons (Fsp3) is 0.394. The first-order valence-electron chi connectivity index (χ1n) is 14.8. The van der Waals surface area contributed by atoms with Gasteiger partial charge in [-0.3, -0.25) is 4.79 Å². The van der Waals surface area contributed by atoms with Gasteiger partial charge < -0.3 is 19.4 Å². The molecule has 10 nitrogen and oxygen atoms in total. The smallest absolute Gasteiger partial charge is 0.329 e. The van der Waals surface area contributed by atoms with Crippen molar-refractivity contribution < 1.29 is 31.9 Å². The van der Waals surface area contributed by atoms with Crippen LogP contribution in [0.1, 0.15) is 65.5 Å².